The molecule has 0 bridgehead atoms. The second kappa shape index (κ2) is 7.90. The maximum absolute atomic E-state index is 14.4. The highest BCUT2D eigenvalue weighted by atomic mass is 35.5. The van der Waals surface area contributed by atoms with E-state index >= 15 is 0 Å². The van der Waals surface area contributed by atoms with Crippen LogP contribution in [0.5, 0.6) is 0 Å². The number of hydrogen-bond acceptors (Lipinski definition) is 4. The van der Waals surface area contributed by atoms with Crippen molar-refractivity contribution in [3.05, 3.63) is 52.4 Å². The summed E-state index contributed by atoms with van der Waals surface area (Å²) in [6.07, 6.45) is 6.53. The summed E-state index contributed by atoms with van der Waals surface area (Å²) in [5.41, 5.74) is 4.72. The van der Waals surface area contributed by atoms with Crippen LogP contribution in [0.4, 0.5) is 4.39 Å². The smallest absolute Gasteiger partial charge is 0.140 e. The summed E-state index contributed by atoms with van der Waals surface area (Å²) in [5.74, 6) is -0.541. The maximum Gasteiger partial charge on any atom is 0.140 e. The van der Waals surface area contributed by atoms with Gasteiger partial charge in [-0.1, -0.05) is 24.3 Å². The van der Waals surface area contributed by atoms with Crippen LogP contribution >= 0.6 is 11.6 Å². The minimum atomic E-state index is -0.677. The van der Waals surface area contributed by atoms with Gasteiger partial charge in [0.15, 0.2) is 0 Å². The summed E-state index contributed by atoms with van der Waals surface area (Å²) in [6, 6.07) is -0.677. The molecule has 3 N–H and O–H groups in total. The molecule has 126 valence electrons. The van der Waals surface area contributed by atoms with Crippen LogP contribution in [0.1, 0.15) is 19.3 Å². The molecule has 5 nitrogen and oxygen atoms in total. The third-order valence-electron chi connectivity index (χ3n) is 3.91. The van der Waals surface area contributed by atoms with Gasteiger partial charge in [-0.05, 0) is 32.1 Å². The number of nitrogens with one attached hydrogen (secondary N) is 3. The van der Waals surface area contributed by atoms with Crippen LogP contribution < -0.4 is 5.32 Å². The molecule has 0 aromatic rings. The molecular weight excluding hydrogens is 329 g/mol. The Balaban J connectivity index is 2.11. The zero-order valence-corrected chi connectivity index (χ0v) is 14.0. The van der Waals surface area contributed by atoms with Crippen molar-refractivity contribution >= 4 is 30.4 Å². The van der Waals surface area contributed by atoms with Crippen LogP contribution in [0.25, 0.3) is 0 Å². The number of aliphatic imine (C=N–C) groups is 1. The number of likely N-dealkylation sites (tertiary alicyclic amines) is 1. The lowest BCUT2D eigenvalue weighted by Gasteiger charge is -2.26. The van der Waals surface area contributed by atoms with Gasteiger partial charge in [-0.25, -0.2) is 4.39 Å². The Bertz CT molecular complexity index is 712. The number of amidine groups is 1. The maximum atomic E-state index is 14.4. The van der Waals surface area contributed by atoms with Gasteiger partial charge in [0.25, 0.3) is 0 Å². The zero-order chi connectivity index (χ0) is 17.7. The van der Waals surface area contributed by atoms with Crippen molar-refractivity contribution in [3.63, 3.8) is 0 Å². The van der Waals surface area contributed by atoms with Crippen molar-refractivity contribution in [2.45, 2.75) is 25.3 Å². The Morgan fingerprint density at radius 1 is 1.58 bits per heavy atom. The number of hydrogen-bond donors (Lipinski definition) is 3. The predicted molar refractivity (Wildman–Crippen MR) is 96.3 cm³/mol. The van der Waals surface area contributed by atoms with Crippen molar-refractivity contribution in [1.29, 1.82) is 10.8 Å². The van der Waals surface area contributed by atoms with Gasteiger partial charge >= 0.3 is 0 Å². The third-order valence-corrected chi connectivity index (χ3v) is 4.23. The van der Waals surface area contributed by atoms with Crippen molar-refractivity contribution in [1.82, 2.24) is 10.2 Å². The molecule has 2 aliphatic rings. The van der Waals surface area contributed by atoms with Crippen LogP contribution in [-0.4, -0.2) is 36.3 Å². The summed E-state index contributed by atoms with van der Waals surface area (Å²) in [6.45, 7) is 7.76. The van der Waals surface area contributed by atoms with Gasteiger partial charge in [-0.2, -0.15) is 0 Å². The second-order valence-corrected chi connectivity index (χ2v) is 5.71. The summed E-state index contributed by atoms with van der Waals surface area (Å²) in [4.78, 5) is 5.50. The fourth-order valence-electron chi connectivity index (χ4n) is 2.68. The lowest BCUT2D eigenvalue weighted by Crippen LogP contribution is -2.37. The molecule has 1 unspecified atom stereocenters. The Morgan fingerprint density at radius 2 is 2.33 bits per heavy atom. The van der Waals surface area contributed by atoms with Crippen molar-refractivity contribution in [2.24, 2.45) is 4.99 Å². The van der Waals surface area contributed by atoms with Crippen LogP contribution in [0, 0.1) is 10.8 Å². The SMILES string of the molecule is C=C=C1CCCN1C1=CCC(NC(=N)/C(C=N)=C(/Cl)N=C)C(F)=C1. The summed E-state index contributed by atoms with van der Waals surface area (Å²) >= 11 is 5.80. The Morgan fingerprint density at radius 3 is 2.92 bits per heavy atom. The quantitative estimate of drug-likeness (QED) is 0.307. The highest BCUT2D eigenvalue weighted by Gasteiger charge is 2.25. The van der Waals surface area contributed by atoms with Crippen molar-refractivity contribution in [2.75, 3.05) is 6.54 Å². The first-order valence-electron chi connectivity index (χ1n) is 7.48. The van der Waals surface area contributed by atoms with Gasteiger partial charge < -0.3 is 15.6 Å². The molecule has 0 radical (unpaired) electrons. The van der Waals surface area contributed by atoms with Gasteiger partial charge in [-0.15, -0.1) is 5.73 Å². The van der Waals surface area contributed by atoms with Gasteiger partial charge in [-0.3, -0.25) is 10.4 Å². The van der Waals surface area contributed by atoms with E-state index in [1.54, 1.807) is 0 Å². The zero-order valence-electron chi connectivity index (χ0n) is 13.2. The molecule has 1 heterocycles. The van der Waals surface area contributed by atoms with Gasteiger partial charge in [0, 0.05) is 18.5 Å². The highest BCUT2D eigenvalue weighted by molar-refractivity contribution is 6.35. The molecule has 0 aromatic carbocycles. The van der Waals surface area contributed by atoms with E-state index in [2.05, 4.69) is 29.3 Å². The van der Waals surface area contributed by atoms with E-state index in [1.807, 2.05) is 11.0 Å². The molecule has 24 heavy (non-hydrogen) atoms. The lowest BCUT2D eigenvalue weighted by atomic mass is 10.0. The van der Waals surface area contributed by atoms with Crippen LogP contribution in [0.15, 0.2) is 57.4 Å². The molecule has 1 aliphatic heterocycles. The number of rotatable bonds is 5. The van der Waals surface area contributed by atoms with E-state index < -0.39 is 6.04 Å². The van der Waals surface area contributed by atoms with Gasteiger partial charge in [0.1, 0.15) is 16.8 Å². The average molecular weight is 348 g/mol. The van der Waals surface area contributed by atoms with E-state index in [1.165, 1.54) is 6.08 Å². The van der Waals surface area contributed by atoms with E-state index in [9.17, 15) is 4.39 Å². The molecule has 1 saturated heterocycles. The first-order valence-corrected chi connectivity index (χ1v) is 7.85. The van der Waals surface area contributed by atoms with Gasteiger partial charge in [0.2, 0.25) is 0 Å². The van der Waals surface area contributed by atoms with E-state index in [-0.39, 0.29) is 22.4 Å². The Kier molecular flexibility index (Phi) is 5.90. The molecular formula is C17H19ClFN5. The number of nitrogens with zero attached hydrogens (tertiary/aromatic N) is 2. The molecule has 7 heteroatoms. The fraction of sp³-hybridized carbons (Fsp3) is 0.294. The van der Waals surface area contributed by atoms with E-state index in [0.717, 1.165) is 37.0 Å². The van der Waals surface area contributed by atoms with Crippen LogP contribution in [-0.2, 0) is 0 Å². The highest BCUT2D eigenvalue weighted by Crippen LogP contribution is 2.30. The average Bonchev–Trinajstić information content (AvgIpc) is 3.05. The van der Waals surface area contributed by atoms with E-state index in [0.29, 0.717) is 6.42 Å². The standard InChI is InChI=1S/C17H19ClFN5/c1-3-11-5-4-8-24(11)12-6-7-15(14(19)9-12)23-17(21)13(10-20)16(18)22-2/h6,9-10,15,20H,1-2,4-5,7-8H2,(H2,21,23)/b16-13-,20-10?. The third kappa shape index (κ3) is 3.72. The number of allylic oxidation sites excluding steroid dienone is 2. The Hall–Kier alpha value is -2.43. The van der Waals surface area contributed by atoms with Crippen molar-refractivity contribution in [3.8, 4) is 0 Å². The topological polar surface area (TPSA) is 75.3 Å². The molecule has 0 amide bonds. The molecule has 0 saturated carbocycles. The lowest BCUT2D eigenvalue weighted by molar-refractivity contribution is 0.461. The second-order valence-electron chi connectivity index (χ2n) is 5.35. The number of halogens is 2. The predicted octanol–water partition coefficient (Wildman–Crippen LogP) is 3.63. The molecule has 2 rings (SSSR count). The summed E-state index contributed by atoms with van der Waals surface area (Å²) < 4.78 is 14.4. The fourth-order valence-corrected chi connectivity index (χ4v) is 2.83. The normalized spacial score (nSPS) is 21.3. The molecule has 1 atom stereocenters. The summed E-state index contributed by atoms with van der Waals surface area (Å²) in [5, 5.41) is 17.9. The minimum absolute atomic E-state index is 0.0608. The van der Waals surface area contributed by atoms with Crippen LogP contribution in [0.2, 0.25) is 0 Å². The largest absolute Gasteiger partial charge is 0.360 e. The van der Waals surface area contributed by atoms with Crippen LogP contribution in [0.3, 0.4) is 0 Å². The Labute approximate surface area is 145 Å². The molecule has 0 spiro atoms. The molecule has 1 aliphatic carbocycles. The van der Waals surface area contributed by atoms with E-state index in [4.69, 9.17) is 22.4 Å². The monoisotopic (exact) mass is 347 g/mol. The first-order chi connectivity index (χ1) is 11.5. The minimum Gasteiger partial charge on any atom is -0.360 e. The molecule has 1 fully saturated rings. The summed E-state index contributed by atoms with van der Waals surface area (Å²) in [7, 11) is 0. The van der Waals surface area contributed by atoms with Crippen molar-refractivity contribution < 1.29 is 4.39 Å². The van der Waals surface area contributed by atoms with Gasteiger partial charge in [0.05, 0.1) is 17.3 Å². The first kappa shape index (κ1) is 17.9. The molecule has 0 aromatic heterocycles.